The minimum Gasteiger partial charge on any atom is -0.450 e. The molecule has 4 nitrogen and oxygen atoms in total. The molecule has 0 atom stereocenters. The Hall–Kier alpha value is -1.58. The Labute approximate surface area is 88.9 Å². The van der Waals surface area contributed by atoms with E-state index in [0.717, 1.165) is 13.0 Å². The zero-order valence-electron chi connectivity index (χ0n) is 8.77. The molecule has 1 aromatic heterocycles. The summed E-state index contributed by atoms with van der Waals surface area (Å²) in [7, 11) is 0. The van der Waals surface area contributed by atoms with Crippen molar-refractivity contribution in [2.75, 3.05) is 13.2 Å². The second-order valence-corrected chi connectivity index (χ2v) is 3.51. The summed E-state index contributed by atoms with van der Waals surface area (Å²) in [6, 6.07) is 1.96. The highest BCUT2D eigenvalue weighted by atomic mass is 16.6. The van der Waals surface area contributed by atoms with E-state index in [9.17, 15) is 4.79 Å². The van der Waals surface area contributed by atoms with Gasteiger partial charge < -0.3 is 9.64 Å². The van der Waals surface area contributed by atoms with Gasteiger partial charge >= 0.3 is 6.09 Å². The number of ether oxygens (including phenoxy) is 1. The summed E-state index contributed by atoms with van der Waals surface area (Å²) in [5.41, 5.74) is 2.40. The number of fused-ring (bicyclic) bond motifs is 1. The van der Waals surface area contributed by atoms with Crippen molar-refractivity contribution in [1.82, 2.24) is 9.88 Å². The van der Waals surface area contributed by atoms with Gasteiger partial charge in [0.05, 0.1) is 6.61 Å². The highest BCUT2D eigenvalue weighted by Crippen LogP contribution is 2.17. The molecule has 0 saturated heterocycles. The predicted octanol–water partition coefficient (Wildman–Crippen LogP) is 1.60. The van der Waals surface area contributed by atoms with Crippen LogP contribution in [0.2, 0.25) is 0 Å². The van der Waals surface area contributed by atoms with Gasteiger partial charge in [0, 0.05) is 25.5 Å². The summed E-state index contributed by atoms with van der Waals surface area (Å²) >= 11 is 0. The van der Waals surface area contributed by atoms with Crippen LogP contribution in [0.25, 0.3) is 0 Å². The van der Waals surface area contributed by atoms with Crippen LogP contribution in [0.3, 0.4) is 0 Å². The van der Waals surface area contributed by atoms with Crippen LogP contribution in [0.1, 0.15) is 18.1 Å². The quantitative estimate of drug-likeness (QED) is 0.700. The van der Waals surface area contributed by atoms with Crippen molar-refractivity contribution in [3.8, 4) is 0 Å². The molecular formula is C11H14N2O2. The van der Waals surface area contributed by atoms with Crippen LogP contribution in [0.15, 0.2) is 18.5 Å². The standard InChI is InChI=1S/C11H14N2O2/c1-2-15-11(14)13-6-4-9-7-12-5-3-10(9)8-13/h3,5,7H,2,4,6,8H2,1H3. The first-order chi connectivity index (χ1) is 7.31. The Morgan fingerprint density at radius 2 is 2.47 bits per heavy atom. The lowest BCUT2D eigenvalue weighted by molar-refractivity contribution is 0.102. The zero-order chi connectivity index (χ0) is 10.7. The van der Waals surface area contributed by atoms with E-state index >= 15 is 0 Å². The van der Waals surface area contributed by atoms with E-state index in [1.165, 1.54) is 11.1 Å². The molecule has 0 N–H and O–H groups in total. The van der Waals surface area contributed by atoms with Gasteiger partial charge in [0.2, 0.25) is 0 Å². The third-order valence-corrected chi connectivity index (χ3v) is 2.54. The molecule has 1 aromatic rings. The van der Waals surface area contributed by atoms with Crippen LogP contribution >= 0.6 is 0 Å². The lowest BCUT2D eigenvalue weighted by Crippen LogP contribution is -2.36. The Bertz CT molecular complexity index is 365. The molecule has 0 radical (unpaired) electrons. The molecule has 2 rings (SSSR count). The van der Waals surface area contributed by atoms with E-state index in [2.05, 4.69) is 4.98 Å². The highest BCUT2D eigenvalue weighted by Gasteiger charge is 2.20. The van der Waals surface area contributed by atoms with Crippen molar-refractivity contribution >= 4 is 6.09 Å². The average molecular weight is 206 g/mol. The highest BCUT2D eigenvalue weighted by molar-refractivity contribution is 5.68. The Morgan fingerprint density at radius 1 is 1.60 bits per heavy atom. The first kappa shape index (κ1) is 9.96. The van der Waals surface area contributed by atoms with Crippen molar-refractivity contribution in [2.24, 2.45) is 0 Å². The number of amides is 1. The minimum absolute atomic E-state index is 0.222. The second kappa shape index (κ2) is 4.29. The number of carbonyl (C=O) groups is 1. The van der Waals surface area contributed by atoms with Crippen LogP contribution < -0.4 is 0 Å². The summed E-state index contributed by atoms with van der Waals surface area (Å²) in [6.07, 6.45) is 4.27. The smallest absolute Gasteiger partial charge is 0.410 e. The van der Waals surface area contributed by atoms with Crippen molar-refractivity contribution in [3.63, 3.8) is 0 Å². The van der Waals surface area contributed by atoms with Crippen molar-refractivity contribution in [1.29, 1.82) is 0 Å². The maximum atomic E-state index is 11.5. The van der Waals surface area contributed by atoms with Crippen molar-refractivity contribution < 1.29 is 9.53 Å². The molecule has 1 aliphatic rings. The molecule has 4 heteroatoms. The molecule has 1 aliphatic heterocycles. The largest absolute Gasteiger partial charge is 0.450 e. The fraction of sp³-hybridized carbons (Fsp3) is 0.455. The number of aromatic nitrogens is 1. The molecule has 2 heterocycles. The molecule has 0 fully saturated rings. The van der Waals surface area contributed by atoms with Crippen molar-refractivity contribution in [2.45, 2.75) is 19.9 Å². The number of nitrogens with zero attached hydrogens (tertiary/aromatic N) is 2. The number of pyridine rings is 1. The van der Waals surface area contributed by atoms with E-state index in [4.69, 9.17) is 4.74 Å². The lowest BCUT2D eigenvalue weighted by atomic mass is 10.0. The monoisotopic (exact) mass is 206 g/mol. The number of rotatable bonds is 1. The molecule has 0 aromatic carbocycles. The maximum Gasteiger partial charge on any atom is 0.410 e. The second-order valence-electron chi connectivity index (χ2n) is 3.51. The Balaban J connectivity index is 2.08. The summed E-state index contributed by atoms with van der Waals surface area (Å²) in [5, 5.41) is 0. The molecule has 0 saturated carbocycles. The molecule has 0 spiro atoms. The summed E-state index contributed by atoms with van der Waals surface area (Å²) in [4.78, 5) is 17.3. The van der Waals surface area contributed by atoms with E-state index in [1.807, 2.05) is 19.2 Å². The average Bonchev–Trinajstić information content (AvgIpc) is 2.29. The van der Waals surface area contributed by atoms with Gasteiger partial charge in [0.15, 0.2) is 0 Å². The third kappa shape index (κ3) is 2.09. The molecule has 0 unspecified atom stereocenters. The van der Waals surface area contributed by atoms with Gasteiger partial charge in [0.25, 0.3) is 0 Å². The zero-order valence-corrected chi connectivity index (χ0v) is 8.77. The van der Waals surface area contributed by atoms with Gasteiger partial charge in [-0.2, -0.15) is 0 Å². The van der Waals surface area contributed by atoms with Crippen LogP contribution in [-0.2, 0) is 17.7 Å². The first-order valence-electron chi connectivity index (χ1n) is 5.14. The normalized spacial score (nSPS) is 14.6. The molecule has 80 valence electrons. The van der Waals surface area contributed by atoms with Gasteiger partial charge in [-0.1, -0.05) is 0 Å². The van der Waals surface area contributed by atoms with E-state index < -0.39 is 0 Å². The summed E-state index contributed by atoms with van der Waals surface area (Å²) in [6.45, 7) is 3.60. The summed E-state index contributed by atoms with van der Waals surface area (Å²) in [5.74, 6) is 0. The van der Waals surface area contributed by atoms with Gasteiger partial charge in [-0.15, -0.1) is 0 Å². The fourth-order valence-corrected chi connectivity index (χ4v) is 1.75. The molecule has 1 amide bonds. The fourth-order valence-electron chi connectivity index (χ4n) is 1.75. The minimum atomic E-state index is -0.222. The van der Waals surface area contributed by atoms with E-state index in [0.29, 0.717) is 13.2 Å². The maximum absolute atomic E-state index is 11.5. The van der Waals surface area contributed by atoms with Gasteiger partial charge in [-0.3, -0.25) is 4.98 Å². The van der Waals surface area contributed by atoms with Crippen LogP contribution in [-0.4, -0.2) is 29.1 Å². The Kier molecular flexibility index (Phi) is 2.85. The van der Waals surface area contributed by atoms with Crippen LogP contribution in [0, 0.1) is 0 Å². The van der Waals surface area contributed by atoms with Crippen molar-refractivity contribution in [3.05, 3.63) is 29.6 Å². The molecule has 0 aliphatic carbocycles. The van der Waals surface area contributed by atoms with Gasteiger partial charge in [-0.05, 0) is 30.5 Å². The summed E-state index contributed by atoms with van der Waals surface area (Å²) < 4.78 is 4.97. The number of hydrogen-bond acceptors (Lipinski definition) is 3. The Morgan fingerprint density at radius 3 is 3.27 bits per heavy atom. The van der Waals surface area contributed by atoms with E-state index in [-0.39, 0.29) is 6.09 Å². The SMILES string of the molecule is CCOC(=O)N1CCc2cnccc2C1. The predicted molar refractivity (Wildman–Crippen MR) is 55.4 cm³/mol. The van der Waals surface area contributed by atoms with Gasteiger partial charge in [0.1, 0.15) is 0 Å². The van der Waals surface area contributed by atoms with E-state index in [1.54, 1.807) is 11.1 Å². The third-order valence-electron chi connectivity index (χ3n) is 2.54. The number of hydrogen-bond donors (Lipinski definition) is 0. The topological polar surface area (TPSA) is 42.4 Å². The van der Waals surface area contributed by atoms with Gasteiger partial charge in [-0.25, -0.2) is 4.79 Å². The first-order valence-corrected chi connectivity index (χ1v) is 5.14. The van der Waals surface area contributed by atoms with Crippen LogP contribution in [0.5, 0.6) is 0 Å². The molecule has 15 heavy (non-hydrogen) atoms. The van der Waals surface area contributed by atoms with Crippen LogP contribution in [0.4, 0.5) is 4.79 Å². The lowest BCUT2D eigenvalue weighted by Gasteiger charge is -2.27. The molecule has 0 bridgehead atoms. The number of carbonyl (C=O) groups excluding carboxylic acids is 1. The molecular weight excluding hydrogens is 192 g/mol.